The van der Waals surface area contributed by atoms with Crippen LogP contribution in [0, 0.1) is 0 Å². The first-order valence-electron chi connectivity index (χ1n) is 9.90. The van der Waals surface area contributed by atoms with Gasteiger partial charge in [-0.1, -0.05) is 29.3 Å². The summed E-state index contributed by atoms with van der Waals surface area (Å²) in [5.74, 6) is -1.12. The van der Waals surface area contributed by atoms with Crippen molar-refractivity contribution in [3.8, 4) is 5.75 Å². The lowest BCUT2D eigenvalue weighted by molar-refractivity contribution is -0.140. The Bertz CT molecular complexity index is 1040. The van der Waals surface area contributed by atoms with Gasteiger partial charge in [-0.25, -0.2) is 0 Å². The molecule has 0 bridgehead atoms. The molecule has 8 heteroatoms. The van der Waals surface area contributed by atoms with Crippen molar-refractivity contribution >= 4 is 40.7 Å². The van der Waals surface area contributed by atoms with Crippen LogP contribution < -0.4 is 4.74 Å². The Hall–Kier alpha value is -2.54. The quantitative estimate of drug-likeness (QED) is 0.399. The number of methoxy groups -OCH3 is 1. The first-order chi connectivity index (χ1) is 14.9. The highest BCUT2D eigenvalue weighted by Crippen LogP contribution is 2.43. The number of likely N-dealkylation sites (tertiary alicyclic amines) is 1. The zero-order valence-electron chi connectivity index (χ0n) is 16.8. The Morgan fingerprint density at radius 1 is 1.19 bits per heavy atom. The Labute approximate surface area is 190 Å². The number of aliphatic hydroxyl groups is 1. The molecule has 2 atom stereocenters. The number of carbonyl (C=O) groups is 2. The third-order valence-corrected chi connectivity index (χ3v) is 6.15. The number of amides is 1. The lowest BCUT2D eigenvalue weighted by Gasteiger charge is -2.28. The highest BCUT2D eigenvalue weighted by Gasteiger charge is 2.47. The van der Waals surface area contributed by atoms with Gasteiger partial charge in [-0.3, -0.25) is 9.59 Å². The van der Waals surface area contributed by atoms with Gasteiger partial charge in [-0.2, -0.15) is 0 Å². The maximum Gasteiger partial charge on any atom is 0.295 e. The summed E-state index contributed by atoms with van der Waals surface area (Å²) >= 11 is 12.5. The Morgan fingerprint density at radius 3 is 2.55 bits per heavy atom. The molecule has 1 amide bonds. The second-order valence-corrected chi connectivity index (χ2v) is 8.32. The topological polar surface area (TPSA) is 76.1 Å². The Morgan fingerprint density at radius 2 is 1.94 bits per heavy atom. The van der Waals surface area contributed by atoms with Gasteiger partial charge in [0.05, 0.1) is 24.8 Å². The molecule has 2 aliphatic heterocycles. The fourth-order valence-corrected chi connectivity index (χ4v) is 4.54. The molecule has 2 fully saturated rings. The number of hydrogen-bond acceptors (Lipinski definition) is 5. The molecule has 1 N–H and O–H groups in total. The summed E-state index contributed by atoms with van der Waals surface area (Å²) in [5.41, 5.74) is 0.890. The number of aliphatic hydroxyl groups excluding tert-OH is 1. The first-order valence-corrected chi connectivity index (χ1v) is 10.7. The molecule has 2 unspecified atom stereocenters. The molecular formula is C23H21Cl2NO5. The van der Waals surface area contributed by atoms with Gasteiger partial charge >= 0.3 is 0 Å². The number of ketones is 1. The zero-order valence-corrected chi connectivity index (χ0v) is 18.3. The number of benzene rings is 2. The molecule has 4 rings (SSSR count). The monoisotopic (exact) mass is 461 g/mol. The number of hydrogen-bond donors (Lipinski definition) is 1. The Balaban J connectivity index is 1.84. The zero-order chi connectivity index (χ0) is 22.1. The number of rotatable bonds is 5. The van der Waals surface area contributed by atoms with Gasteiger partial charge in [0.25, 0.3) is 11.7 Å². The molecule has 6 nitrogen and oxygen atoms in total. The molecule has 0 saturated carbocycles. The highest BCUT2D eigenvalue weighted by molar-refractivity contribution is 6.47. The van der Waals surface area contributed by atoms with Gasteiger partial charge in [-0.15, -0.1) is 0 Å². The smallest absolute Gasteiger partial charge is 0.295 e. The van der Waals surface area contributed by atoms with Gasteiger partial charge in [0, 0.05) is 28.8 Å². The average molecular weight is 462 g/mol. The third-order valence-electron chi connectivity index (χ3n) is 5.58. The van der Waals surface area contributed by atoms with Crippen molar-refractivity contribution < 1.29 is 24.2 Å². The van der Waals surface area contributed by atoms with E-state index in [2.05, 4.69) is 0 Å². The van der Waals surface area contributed by atoms with E-state index in [0.717, 1.165) is 12.8 Å². The molecule has 2 saturated heterocycles. The van der Waals surface area contributed by atoms with Gasteiger partial charge in [0.15, 0.2) is 0 Å². The number of Topliss-reactive ketones (excluding diaryl/α,β-unsaturated/α-hetero) is 1. The van der Waals surface area contributed by atoms with Gasteiger partial charge < -0.3 is 19.5 Å². The molecule has 2 aromatic carbocycles. The summed E-state index contributed by atoms with van der Waals surface area (Å²) in [6.45, 7) is 0.848. The van der Waals surface area contributed by atoms with Crippen LogP contribution in [0.1, 0.15) is 30.0 Å². The molecule has 0 radical (unpaired) electrons. The fraction of sp³-hybridized carbons (Fsp3) is 0.304. The van der Waals surface area contributed by atoms with Gasteiger partial charge in [0.2, 0.25) is 0 Å². The average Bonchev–Trinajstić information content (AvgIpc) is 3.36. The largest absolute Gasteiger partial charge is 0.507 e. The molecule has 2 heterocycles. The molecule has 31 heavy (non-hydrogen) atoms. The van der Waals surface area contributed by atoms with Crippen LogP contribution in [0.3, 0.4) is 0 Å². The molecule has 0 aliphatic carbocycles. The van der Waals surface area contributed by atoms with Gasteiger partial charge in [-0.05, 0) is 54.8 Å². The van der Waals surface area contributed by atoms with Crippen molar-refractivity contribution in [3.05, 3.63) is 69.2 Å². The molecule has 2 aromatic rings. The van der Waals surface area contributed by atoms with Crippen molar-refractivity contribution in [1.29, 1.82) is 0 Å². The van der Waals surface area contributed by atoms with Crippen molar-refractivity contribution in [2.24, 2.45) is 0 Å². The van der Waals surface area contributed by atoms with E-state index in [-0.39, 0.29) is 24.0 Å². The minimum atomic E-state index is -0.851. The number of halogens is 2. The van der Waals surface area contributed by atoms with Crippen LogP contribution in [0.25, 0.3) is 5.76 Å². The van der Waals surface area contributed by atoms with Crippen molar-refractivity contribution in [2.45, 2.75) is 25.0 Å². The normalized spacial score (nSPS) is 22.9. The van der Waals surface area contributed by atoms with E-state index >= 15 is 0 Å². The van der Waals surface area contributed by atoms with E-state index in [1.165, 1.54) is 12.0 Å². The molecule has 0 aromatic heterocycles. The number of ether oxygens (including phenoxy) is 2. The molecular weight excluding hydrogens is 441 g/mol. The van der Waals surface area contributed by atoms with Crippen molar-refractivity contribution in [2.75, 3.05) is 20.3 Å². The van der Waals surface area contributed by atoms with Crippen LogP contribution in [-0.2, 0) is 14.3 Å². The van der Waals surface area contributed by atoms with Crippen LogP contribution >= 0.6 is 23.2 Å². The minimum Gasteiger partial charge on any atom is -0.507 e. The predicted molar refractivity (Wildman–Crippen MR) is 117 cm³/mol. The lowest BCUT2D eigenvalue weighted by atomic mass is 9.95. The summed E-state index contributed by atoms with van der Waals surface area (Å²) in [7, 11) is 1.54. The SMILES string of the molecule is COc1ccc(/C(O)=C2\C(=O)C(=O)N(CC3CCCO3)C2c2ccc(Cl)cc2Cl)cc1. The summed E-state index contributed by atoms with van der Waals surface area (Å²) in [5, 5.41) is 11.8. The van der Waals surface area contributed by atoms with E-state index in [1.54, 1.807) is 42.5 Å². The maximum absolute atomic E-state index is 13.0. The van der Waals surface area contributed by atoms with Crippen LogP contribution in [0.5, 0.6) is 5.75 Å². The summed E-state index contributed by atoms with van der Waals surface area (Å²) in [6.07, 6.45) is 1.52. The van der Waals surface area contributed by atoms with Crippen LogP contribution in [-0.4, -0.2) is 48.1 Å². The van der Waals surface area contributed by atoms with Crippen molar-refractivity contribution in [1.82, 2.24) is 4.90 Å². The number of carbonyl (C=O) groups excluding carboxylic acids is 2. The summed E-state index contributed by atoms with van der Waals surface area (Å²) in [4.78, 5) is 27.5. The van der Waals surface area contributed by atoms with E-state index in [0.29, 0.717) is 33.5 Å². The summed E-state index contributed by atoms with van der Waals surface area (Å²) < 4.78 is 10.8. The third kappa shape index (κ3) is 4.15. The highest BCUT2D eigenvalue weighted by atomic mass is 35.5. The predicted octanol–water partition coefficient (Wildman–Crippen LogP) is 4.60. The lowest BCUT2D eigenvalue weighted by Crippen LogP contribution is -2.36. The fourth-order valence-electron chi connectivity index (χ4n) is 4.03. The maximum atomic E-state index is 13.0. The second kappa shape index (κ2) is 8.91. The molecule has 2 aliphatic rings. The number of nitrogens with zero attached hydrogens (tertiary/aromatic N) is 1. The standard InChI is InChI=1S/C23H21Cl2NO5/c1-30-15-7-4-13(5-8-15)21(27)19-20(17-9-6-14(24)11-18(17)25)26(23(29)22(19)28)12-16-3-2-10-31-16/h4-9,11,16,20,27H,2-3,10,12H2,1H3/b21-19+. The molecule has 0 spiro atoms. The molecule has 162 valence electrons. The first kappa shape index (κ1) is 21.7. The van der Waals surface area contributed by atoms with E-state index in [4.69, 9.17) is 32.7 Å². The Kier molecular flexibility index (Phi) is 6.23. The van der Waals surface area contributed by atoms with Crippen LogP contribution in [0.4, 0.5) is 0 Å². The second-order valence-electron chi connectivity index (χ2n) is 7.48. The van der Waals surface area contributed by atoms with Crippen molar-refractivity contribution in [3.63, 3.8) is 0 Å². The van der Waals surface area contributed by atoms with E-state index in [9.17, 15) is 14.7 Å². The van der Waals surface area contributed by atoms with E-state index < -0.39 is 17.7 Å². The van der Waals surface area contributed by atoms with Gasteiger partial charge in [0.1, 0.15) is 11.5 Å². The van der Waals surface area contributed by atoms with E-state index in [1.807, 2.05) is 0 Å². The summed E-state index contributed by atoms with van der Waals surface area (Å²) in [6, 6.07) is 10.6. The van der Waals surface area contributed by atoms with Crippen LogP contribution in [0.2, 0.25) is 10.0 Å². The minimum absolute atomic E-state index is 0.0163. The van der Waals surface area contributed by atoms with Crippen LogP contribution in [0.15, 0.2) is 48.0 Å².